The maximum atomic E-state index is 14.3. The van der Waals surface area contributed by atoms with Gasteiger partial charge in [-0.3, -0.25) is 19.5 Å². The van der Waals surface area contributed by atoms with Crippen LogP contribution < -0.4 is 4.90 Å². The molecular formula is C27H18FN3O2S. The summed E-state index contributed by atoms with van der Waals surface area (Å²) < 4.78 is 14.9. The molecule has 3 aromatic carbocycles. The number of amides is 1. The van der Waals surface area contributed by atoms with Crippen LogP contribution in [-0.2, 0) is 6.54 Å². The van der Waals surface area contributed by atoms with E-state index in [0.29, 0.717) is 32.2 Å². The first-order valence-electron chi connectivity index (χ1n) is 10.6. The van der Waals surface area contributed by atoms with Gasteiger partial charge >= 0.3 is 0 Å². The van der Waals surface area contributed by atoms with Gasteiger partial charge in [0, 0.05) is 22.9 Å². The third-order valence-corrected chi connectivity index (χ3v) is 6.35. The van der Waals surface area contributed by atoms with Crippen LogP contribution in [0.5, 0.6) is 0 Å². The van der Waals surface area contributed by atoms with E-state index in [2.05, 4.69) is 9.97 Å². The van der Waals surface area contributed by atoms with E-state index in [1.807, 2.05) is 30.3 Å². The summed E-state index contributed by atoms with van der Waals surface area (Å²) in [7, 11) is 0. The molecule has 0 bridgehead atoms. The molecule has 2 aromatic heterocycles. The second kappa shape index (κ2) is 9.33. The van der Waals surface area contributed by atoms with Gasteiger partial charge in [-0.25, -0.2) is 9.37 Å². The van der Waals surface area contributed by atoms with Crippen molar-refractivity contribution in [2.45, 2.75) is 6.54 Å². The average molecular weight is 468 g/mol. The van der Waals surface area contributed by atoms with E-state index in [1.54, 1.807) is 60.8 Å². The van der Waals surface area contributed by atoms with Gasteiger partial charge in [0.15, 0.2) is 10.9 Å². The Bertz CT molecular complexity index is 1470. The van der Waals surface area contributed by atoms with Gasteiger partial charge in [-0.05, 0) is 36.4 Å². The molecule has 0 unspecified atom stereocenters. The summed E-state index contributed by atoms with van der Waals surface area (Å²) in [4.78, 5) is 36.5. The topological polar surface area (TPSA) is 63.2 Å². The molecule has 7 heteroatoms. The maximum absolute atomic E-state index is 14.3. The number of aromatic nitrogens is 2. The first-order valence-corrected chi connectivity index (χ1v) is 11.4. The molecule has 2 heterocycles. The maximum Gasteiger partial charge on any atom is 0.260 e. The number of carbonyl (C=O) groups is 2. The first kappa shape index (κ1) is 21.6. The van der Waals surface area contributed by atoms with Crippen LogP contribution in [0.4, 0.5) is 9.52 Å². The normalized spacial score (nSPS) is 10.9. The first-order chi connectivity index (χ1) is 16.6. The van der Waals surface area contributed by atoms with E-state index in [4.69, 9.17) is 0 Å². The third-order valence-electron chi connectivity index (χ3n) is 5.31. The van der Waals surface area contributed by atoms with Gasteiger partial charge in [0.2, 0.25) is 0 Å². The number of anilines is 1. The van der Waals surface area contributed by atoms with Crippen LogP contribution >= 0.6 is 11.3 Å². The lowest BCUT2D eigenvalue weighted by Gasteiger charge is -2.19. The van der Waals surface area contributed by atoms with Crippen molar-refractivity contribution in [3.63, 3.8) is 0 Å². The van der Waals surface area contributed by atoms with Gasteiger partial charge in [-0.2, -0.15) is 0 Å². The van der Waals surface area contributed by atoms with Gasteiger partial charge in [-0.1, -0.05) is 65.9 Å². The van der Waals surface area contributed by atoms with Crippen molar-refractivity contribution in [3.05, 3.63) is 125 Å². The largest absolute Gasteiger partial charge is 0.289 e. The van der Waals surface area contributed by atoms with Crippen LogP contribution in [0.2, 0.25) is 0 Å². The number of carbonyl (C=O) groups excluding carboxylic acids is 2. The summed E-state index contributed by atoms with van der Waals surface area (Å²) in [6.07, 6.45) is 1.65. The zero-order valence-corrected chi connectivity index (χ0v) is 18.7. The second-order valence-electron chi connectivity index (χ2n) is 7.57. The number of ketones is 1. The lowest BCUT2D eigenvalue weighted by molar-refractivity contribution is 0.0982. The Morgan fingerprint density at radius 2 is 1.50 bits per heavy atom. The number of nitrogens with zero attached hydrogens (tertiary/aromatic N) is 3. The lowest BCUT2D eigenvalue weighted by atomic mass is 10.0. The van der Waals surface area contributed by atoms with Crippen molar-refractivity contribution >= 4 is 38.4 Å². The van der Waals surface area contributed by atoms with Gasteiger partial charge in [0.25, 0.3) is 5.91 Å². The monoisotopic (exact) mass is 467 g/mol. The fourth-order valence-electron chi connectivity index (χ4n) is 3.57. The Morgan fingerprint density at radius 1 is 0.794 bits per heavy atom. The van der Waals surface area contributed by atoms with E-state index in [0.717, 1.165) is 0 Å². The number of hydrogen-bond acceptors (Lipinski definition) is 5. The van der Waals surface area contributed by atoms with E-state index in [-0.39, 0.29) is 23.8 Å². The molecule has 0 aliphatic rings. The molecule has 0 aliphatic heterocycles. The molecule has 5 rings (SSSR count). The van der Waals surface area contributed by atoms with E-state index >= 15 is 0 Å². The molecule has 1 amide bonds. The fraction of sp³-hybridized carbons (Fsp3) is 0.0370. The average Bonchev–Trinajstić information content (AvgIpc) is 3.33. The number of rotatable bonds is 6. The van der Waals surface area contributed by atoms with E-state index in [9.17, 15) is 14.0 Å². The van der Waals surface area contributed by atoms with Crippen molar-refractivity contribution in [2.75, 3.05) is 4.90 Å². The SMILES string of the molecule is O=C(c1ccccc1)c1ccc(C(=O)N(Cc2ccccn2)c2nc3c(F)cccc3s2)cc1. The van der Waals surface area contributed by atoms with Crippen LogP contribution in [0.15, 0.2) is 97.2 Å². The summed E-state index contributed by atoms with van der Waals surface area (Å²) >= 11 is 1.24. The summed E-state index contributed by atoms with van der Waals surface area (Å²) in [5, 5.41) is 0.375. The van der Waals surface area contributed by atoms with E-state index < -0.39 is 5.82 Å². The molecule has 0 radical (unpaired) electrons. The molecule has 0 saturated heterocycles. The van der Waals surface area contributed by atoms with Crippen molar-refractivity contribution in [1.82, 2.24) is 9.97 Å². The number of benzene rings is 3. The van der Waals surface area contributed by atoms with Crippen molar-refractivity contribution < 1.29 is 14.0 Å². The van der Waals surface area contributed by atoms with Crippen LogP contribution in [0.3, 0.4) is 0 Å². The molecule has 166 valence electrons. The van der Waals surface area contributed by atoms with Gasteiger partial charge in [-0.15, -0.1) is 0 Å². The molecule has 0 spiro atoms. The minimum Gasteiger partial charge on any atom is -0.289 e. The predicted octanol–water partition coefficient (Wildman–Crippen LogP) is 5.91. The van der Waals surface area contributed by atoms with Gasteiger partial charge in [0.1, 0.15) is 11.3 Å². The molecule has 0 N–H and O–H groups in total. The smallest absolute Gasteiger partial charge is 0.260 e. The van der Waals surface area contributed by atoms with Gasteiger partial charge in [0.05, 0.1) is 16.9 Å². The Hall–Kier alpha value is -4.23. The van der Waals surface area contributed by atoms with E-state index in [1.165, 1.54) is 22.3 Å². The molecule has 34 heavy (non-hydrogen) atoms. The molecular weight excluding hydrogens is 449 g/mol. The molecule has 5 nitrogen and oxygen atoms in total. The minimum absolute atomic E-state index is 0.119. The number of para-hydroxylation sites is 1. The number of pyridine rings is 1. The molecule has 0 fully saturated rings. The highest BCUT2D eigenvalue weighted by Gasteiger charge is 2.23. The third kappa shape index (κ3) is 4.33. The zero-order chi connectivity index (χ0) is 23.5. The highest BCUT2D eigenvalue weighted by molar-refractivity contribution is 7.22. The standard InChI is InChI=1S/C27H18FN3O2S/c28-22-10-6-11-23-24(22)30-27(34-23)31(17-21-9-4-5-16-29-21)26(33)20-14-12-19(13-15-20)25(32)18-7-2-1-3-8-18/h1-16H,17H2. The quantitative estimate of drug-likeness (QED) is 0.291. The Labute approximate surface area is 199 Å². The number of hydrogen-bond donors (Lipinski definition) is 0. The summed E-state index contributed by atoms with van der Waals surface area (Å²) in [6.45, 7) is 0.172. The molecule has 5 aromatic rings. The lowest BCUT2D eigenvalue weighted by Crippen LogP contribution is -2.30. The van der Waals surface area contributed by atoms with Crippen LogP contribution in [-0.4, -0.2) is 21.7 Å². The van der Waals surface area contributed by atoms with Crippen LogP contribution in [0.1, 0.15) is 32.0 Å². The summed E-state index contributed by atoms with van der Waals surface area (Å²) in [5.74, 6) is -0.871. The van der Waals surface area contributed by atoms with Gasteiger partial charge < -0.3 is 0 Å². The Morgan fingerprint density at radius 3 is 2.21 bits per heavy atom. The van der Waals surface area contributed by atoms with Crippen molar-refractivity contribution in [3.8, 4) is 0 Å². The minimum atomic E-state index is -0.436. The Balaban J connectivity index is 1.48. The molecule has 0 atom stereocenters. The molecule has 0 saturated carbocycles. The van der Waals surface area contributed by atoms with Crippen molar-refractivity contribution in [1.29, 1.82) is 0 Å². The highest BCUT2D eigenvalue weighted by atomic mass is 32.1. The second-order valence-corrected chi connectivity index (χ2v) is 8.58. The highest BCUT2D eigenvalue weighted by Crippen LogP contribution is 2.32. The number of fused-ring (bicyclic) bond motifs is 1. The van der Waals surface area contributed by atoms with Crippen LogP contribution in [0, 0.1) is 5.82 Å². The van der Waals surface area contributed by atoms with Crippen molar-refractivity contribution in [2.24, 2.45) is 0 Å². The fourth-order valence-corrected chi connectivity index (χ4v) is 4.55. The number of halogens is 1. The Kier molecular flexibility index (Phi) is 5.93. The zero-order valence-electron chi connectivity index (χ0n) is 17.9. The predicted molar refractivity (Wildman–Crippen MR) is 131 cm³/mol. The summed E-state index contributed by atoms with van der Waals surface area (Å²) in [5.41, 5.74) is 2.35. The number of thiazole rings is 1. The molecule has 0 aliphatic carbocycles. The summed E-state index contributed by atoms with van der Waals surface area (Å²) in [6, 6.07) is 25.7. The van der Waals surface area contributed by atoms with Crippen LogP contribution in [0.25, 0.3) is 10.2 Å².